The van der Waals surface area contributed by atoms with Crippen LogP contribution in [0, 0.1) is 0 Å². The molecule has 1 heterocycles. The first-order valence-corrected chi connectivity index (χ1v) is 7.34. The van der Waals surface area contributed by atoms with Crippen LogP contribution in [0.3, 0.4) is 0 Å². The third-order valence-electron chi connectivity index (χ3n) is 3.79. The fourth-order valence-corrected chi connectivity index (χ4v) is 2.68. The number of hydrogen-bond acceptors (Lipinski definition) is 2. The van der Waals surface area contributed by atoms with E-state index in [-0.39, 0.29) is 24.9 Å². The lowest BCUT2D eigenvalue weighted by molar-refractivity contribution is -0.137. The van der Waals surface area contributed by atoms with Crippen LogP contribution in [0.4, 0.5) is 0 Å². The summed E-state index contributed by atoms with van der Waals surface area (Å²) in [6, 6.07) is 2.27. The maximum absolute atomic E-state index is 12.7. The highest BCUT2D eigenvalue weighted by Gasteiger charge is 2.36. The molecule has 2 saturated carbocycles. The Balaban J connectivity index is 1.80. The van der Waals surface area contributed by atoms with E-state index in [4.69, 9.17) is 16.7 Å². The molecule has 1 aromatic heterocycles. The van der Waals surface area contributed by atoms with Crippen molar-refractivity contribution in [1.29, 1.82) is 0 Å². The first kappa shape index (κ1) is 13.5. The van der Waals surface area contributed by atoms with Gasteiger partial charge in [-0.2, -0.15) is 0 Å². The molecule has 1 N–H and O–H groups in total. The van der Waals surface area contributed by atoms with Crippen LogP contribution in [0.2, 0.25) is 5.02 Å². The minimum absolute atomic E-state index is 0.0138. The molecule has 1 amide bonds. The van der Waals surface area contributed by atoms with Gasteiger partial charge in [0, 0.05) is 24.8 Å². The van der Waals surface area contributed by atoms with Crippen molar-refractivity contribution < 1.29 is 14.7 Å². The minimum atomic E-state index is -0.876. The Morgan fingerprint density at radius 3 is 2.60 bits per heavy atom. The third-order valence-corrected chi connectivity index (χ3v) is 4.00. The largest absolute Gasteiger partial charge is 0.481 e. The SMILES string of the molecule is O=C(O)CCN(C(=O)c1cc(Cl)cn1C1CC1)C1CC1. The lowest BCUT2D eigenvalue weighted by Crippen LogP contribution is -2.36. The zero-order valence-corrected chi connectivity index (χ0v) is 11.8. The second-order valence-corrected chi connectivity index (χ2v) is 5.99. The van der Waals surface area contributed by atoms with E-state index in [1.165, 1.54) is 0 Å². The summed E-state index contributed by atoms with van der Waals surface area (Å²) >= 11 is 6.02. The lowest BCUT2D eigenvalue weighted by Gasteiger charge is -2.22. The molecule has 0 saturated heterocycles. The van der Waals surface area contributed by atoms with Gasteiger partial charge in [0.25, 0.3) is 5.91 Å². The summed E-state index contributed by atoms with van der Waals surface area (Å²) < 4.78 is 1.95. The molecule has 0 bridgehead atoms. The molecule has 5 nitrogen and oxygen atoms in total. The van der Waals surface area contributed by atoms with Crippen molar-refractivity contribution in [1.82, 2.24) is 9.47 Å². The Bertz CT molecular complexity index is 547. The van der Waals surface area contributed by atoms with Crippen molar-refractivity contribution in [3.05, 3.63) is 23.0 Å². The van der Waals surface area contributed by atoms with Crippen molar-refractivity contribution >= 4 is 23.5 Å². The maximum Gasteiger partial charge on any atom is 0.305 e. The molecule has 0 aliphatic heterocycles. The van der Waals surface area contributed by atoms with E-state index >= 15 is 0 Å². The van der Waals surface area contributed by atoms with Crippen molar-refractivity contribution in [3.63, 3.8) is 0 Å². The smallest absolute Gasteiger partial charge is 0.305 e. The highest BCUT2D eigenvalue weighted by molar-refractivity contribution is 6.31. The van der Waals surface area contributed by atoms with Crippen molar-refractivity contribution in [2.24, 2.45) is 0 Å². The van der Waals surface area contributed by atoms with Crippen LogP contribution in [-0.4, -0.2) is 39.0 Å². The number of nitrogens with zero attached hydrogens (tertiary/aromatic N) is 2. The molecule has 108 valence electrons. The van der Waals surface area contributed by atoms with Gasteiger partial charge in [-0.25, -0.2) is 0 Å². The van der Waals surface area contributed by atoms with Crippen LogP contribution in [0.15, 0.2) is 12.3 Å². The molecule has 3 rings (SSSR count). The van der Waals surface area contributed by atoms with Gasteiger partial charge < -0.3 is 14.6 Å². The number of hydrogen-bond donors (Lipinski definition) is 1. The third kappa shape index (κ3) is 2.82. The normalized spacial score (nSPS) is 18.1. The number of carbonyl (C=O) groups excluding carboxylic acids is 1. The maximum atomic E-state index is 12.7. The summed E-state index contributed by atoms with van der Waals surface area (Å²) in [6.45, 7) is 0.270. The standard InChI is InChI=1S/C14H17ClN2O3/c15-9-7-12(17(8-9)11-3-4-11)14(20)16(10-1-2-10)6-5-13(18)19/h7-8,10-11H,1-6H2,(H,18,19). The molecule has 0 aromatic carbocycles. The van der Waals surface area contributed by atoms with Gasteiger partial charge in [0.2, 0.25) is 0 Å². The predicted molar refractivity (Wildman–Crippen MR) is 74.0 cm³/mol. The second-order valence-electron chi connectivity index (χ2n) is 5.56. The van der Waals surface area contributed by atoms with E-state index in [0.29, 0.717) is 16.8 Å². The van der Waals surface area contributed by atoms with E-state index in [0.717, 1.165) is 25.7 Å². The van der Waals surface area contributed by atoms with Crippen LogP contribution >= 0.6 is 11.6 Å². The topological polar surface area (TPSA) is 62.5 Å². The van der Waals surface area contributed by atoms with Gasteiger partial charge in [0.05, 0.1) is 11.4 Å². The van der Waals surface area contributed by atoms with E-state index in [9.17, 15) is 9.59 Å². The van der Waals surface area contributed by atoms with Gasteiger partial charge in [-0.15, -0.1) is 0 Å². The number of aliphatic carboxylic acids is 1. The van der Waals surface area contributed by atoms with E-state index in [1.54, 1.807) is 17.2 Å². The van der Waals surface area contributed by atoms with E-state index in [2.05, 4.69) is 0 Å². The molecule has 1 aromatic rings. The monoisotopic (exact) mass is 296 g/mol. The lowest BCUT2D eigenvalue weighted by atomic mass is 10.3. The fraction of sp³-hybridized carbons (Fsp3) is 0.571. The summed E-state index contributed by atoms with van der Waals surface area (Å²) in [5, 5.41) is 9.37. The summed E-state index contributed by atoms with van der Waals surface area (Å²) in [4.78, 5) is 25.1. The molecular weight excluding hydrogens is 280 g/mol. The number of carbonyl (C=O) groups is 2. The van der Waals surface area contributed by atoms with Crippen LogP contribution in [0.25, 0.3) is 0 Å². The fourth-order valence-electron chi connectivity index (χ4n) is 2.47. The summed E-state index contributed by atoms with van der Waals surface area (Å²) in [6.07, 6.45) is 5.86. The van der Waals surface area contributed by atoms with Gasteiger partial charge in [-0.05, 0) is 31.7 Å². The molecule has 2 fully saturated rings. The molecule has 6 heteroatoms. The Kier molecular flexibility index (Phi) is 3.46. The Hall–Kier alpha value is -1.49. The first-order valence-electron chi connectivity index (χ1n) is 6.96. The predicted octanol–water partition coefficient (Wildman–Crippen LogP) is 2.56. The quantitative estimate of drug-likeness (QED) is 0.877. The van der Waals surface area contributed by atoms with E-state index < -0.39 is 5.97 Å². The second kappa shape index (κ2) is 5.13. The summed E-state index contributed by atoms with van der Waals surface area (Å²) in [5.74, 6) is -0.966. The molecule has 2 aliphatic carbocycles. The number of carboxylic acids is 1. The van der Waals surface area contributed by atoms with Gasteiger partial charge in [0.15, 0.2) is 0 Å². The van der Waals surface area contributed by atoms with Gasteiger partial charge >= 0.3 is 5.97 Å². The number of carboxylic acid groups (broad SMARTS) is 1. The molecule has 0 unspecified atom stereocenters. The molecule has 0 atom stereocenters. The zero-order chi connectivity index (χ0) is 14.3. The van der Waals surface area contributed by atoms with Gasteiger partial charge in [0.1, 0.15) is 5.69 Å². The van der Waals surface area contributed by atoms with Crippen LogP contribution in [0.1, 0.15) is 48.6 Å². The van der Waals surface area contributed by atoms with Gasteiger partial charge in [-0.3, -0.25) is 9.59 Å². The summed E-state index contributed by atoms with van der Waals surface area (Å²) in [7, 11) is 0. The Morgan fingerprint density at radius 2 is 2.05 bits per heavy atom. The molecule has 20 heavy (non-hydrogen) atoms. The van der Waals surface area contributed by atoms with Gasteiger partial charge in [-0.1, -0.05) is 11.6 Å². The molecule has 2 aliphatic rings. The molecular formula is C14H17ClN2O3. The highest BCUT2D eigenvalue weighted by Crippen LogP contribution is 2.38. The molecule has 0 radical (unpaired) electrons. The number of aromatic nitrogens is 1. The van der Waals surface area contributed by atoms with Crippen LogP contribution in [-0.2, 0) is 4.79 Å². The number of rotatable bonds is 6. The highest BCUT2D eigenvalue weighted by atomic mass is 35.5. The first-order chi connectivity index (χ1) is 9.56. The average molecular weight is 297 g/mol. The molecule has 0 spiro atoms. The van der Waals surface area contributed by atoms with Crippen LogP contribution in [0.5, 0.6) is 0 Å². The average Bonchev–Trinajstić information content (AvgIpc) is 3.27. The number of amides is 1. The Morgan fingerprint density at radius 1 is 1.35 bits per heavy atom. The van der Waals surface area contributed by atoms with Crippen molar-refractivity contribution in [2.45, 2.75) is 44.2 Å². The van der Waals surface area contributed by atoms with Crippen molar-refractivity contribution in [2.75, 3.05) is 6.54 Å². The minimum Gasteiger partial charge on any atom is -0.481 e. The summed E-state index contributed by atoms with van der Waals surface area (Å²) in [5.41, 5.74) is 0.592. The van der Waals surface area contributed by atoms with Crippen molar-refractivity contribution in [3.8, 4) is 0 Å². The van der Waals surface area contributed by atoms with E-state index in [1.807, 2.05) is 4.57 Å². The van der Waals surface area contributed by atoms with Crippen LogP contribution < -0.4 is 0 Å². The number of halogens is 1. The Labute approximate surface area is 122 Å². The zero-order valence-electron chi connectivity index (χ0n) is 11.1.